The van der Waals surface area contributed by atoms with Crippen molar-refractivity contribution in [1.29, 1.82) is 5.41 Å². The van der Waals surface area contributed by atoms with Crippen LogP contribution in [0.5, 0.6) is 0 Å². The first kappa shape index (κ1) is 15.5. The first-order chi connectivity index (χ1) is 7.12. The van der Waals surface area contributed by atoms with Crippen molar-refractivity contribution < 1.29 is 0 Å². The van der Waals surface area contributed by atoms with E-state index in [1.54, 1.807) is 0 Å². The second-order valence-electron chi connectivity index (χ2n) is 6.63. The minimum Gasteiger partial charge on any atom is -0.371 e. The van der Waals surface area contributed by atoms with Gasteiger partial charge in [-0.15, -0.1) is 0 Å². The lowest BCUT2D eigenvalue weighted by Crippen LogP contribution is -2.43. The number of rotatable bonds is 5. The fourth-order valence-corrected chi connectivity index (χ4v) is 1.61. The zero-order chi connectivity index (χ0) is 13.0. The van der Waals surface area contributed by atoms with Crippen LogP contribution < -0.4 is 5.32 Å². The van der Waals surface area contributed by atoms with Crippen LogP contribution in [-0.4, -0.2) is 11.9 Å². The molecular formula is C14H30N2. The maximum Gasteiger partial charge on any atom is 0.0991 e. The molecule has 0 amide bonds. The molecule has 0 saturated heterocycles. The Morgan fingerprint density at radius 3 is 1.94 bits per heavy atom. The predicted octanol–water partition coefficient (Wildman–Crippen LogP) is 4.20. The van der Waals surface area contributed by atoms with Crippen LogP contribution in [0.3, 0.4) is 0 Å². The van der Waals surface area contributed by atoms with Gasteiger partial charge in [-0.25, -0.2) is 0 Å². The van der Waals surface area contributed by atoms with Crippen LogP contribution in [0.2, 0.25) is 0 Å². The average Bonchev–Trinajstić information content (AvgIpc) is 2.14. The van der Waals surface area contributed by atoms with Crippen molar-refractivity contribution in [3.05, 3.63) is 0 Å². The van der Waals surface area contributed by atoms with Gasteiger partial charge in [0, 0.05) is 11.5 Å². The maximum atomic E-state index is 8.12. The van der Waals surface area contributed by atoms with Crippen LogP contribution in [0.1, 0.15) is 67.7 Å². The standard InChI is InChI=1S/C14H30N2/c1-8-11(10-13(3,4)5)16-12(15)14(6,7)9-2/h11H,8-10H2,1-7H3,(H2,15,16). The SMILES string of the molecule is CCC(CC(C)(C)C)NC(=N)C(C)(C)CC. The van der Waals surface area contributed by atoms with E-state index < -0.39 is 0 Å². The molecular weight excluding hydrogens is 196 g/mol. The fraction of sp³-hybridized carbons (Fsp3) is 0.929. The van der Waals surface area contributed by atoms with E-state index >= 15 is 0 Å². The van der Waals surface area contributed by atoms with Crippen LogP contribution in [0.4, 0.5) is 0 Å². The zero-order valence-corrected chi connectivity index (χ0v) is 12.2. The van der Waals surface area contributed by atoms with E-state index in [2.05, 4.69) is 53.8 Å². The lowest BCUT2D eigenvalue weighted by molar-refractivity contribution is 0.315. The Kier molecular flexibility index (Phi) is 5.51. The monoisotopic (exact) mass is 226 g/mol. The summed E-state index contributed by atoms with van der Waals surface area (Å²) in [4.78, 5) is 0. The molecule has 0 spiro atoms. The molecule has 2 heteroatoms. The maximum absolute atomic E-state index is 8.12. The number of amidine groups is 1. The molecule has 0 aromatic carbocycles. The molecule has 0 aromatic rings. The van der Waals surface area contributed by atoms with Crippen molar-refractivity contribution in [3.63, 3.8) is 0 Å². The second kappa shape index (κ2) is 5.70. The van der Waals surface area contributed by atoms with Crippen LogP contribution in [-0.2, 0) is 0 Å². The topological polar surface area (TPSA) is 35.9 Å². The molecule has 0 bridgehead atoms. The van der Waals surface area contributed by atoms with Gasteiger partial charge in [0.2, 0.25) is 0 Å². The summed E-state index contributed by atoms with van der Waals surface area (Å²) in [5, 5.41) is 11.5. The third-order valence-corrected chi connectivity index (χ3v) is 3.26. The Morgan fingerprint density at radius 2 is 1.62 bits per heavy atom. The minimum atomic E-state index is -0.0225. The smallest absolute Gasteiger partial charge is 0.0991 e. The summed E-state index contributed by atoms with van der Waals surface area (Å²) in [6.07, 6.45) is 3.20. The number of nitrogens with one attached hydrogen (secondary N) is 2. The molecule has 0 rings (SSSR count). The van der Waals surface area contributed by atoms with Crippen LogP contribution >= 0.6 is 0 Å². The van der Waals surface area contributed by atoms with E-state index in [4.69, 9.17) is 5.41 Å². The molecule has 0 radical (unpaired) electrons. The van der Waals surface area contributed by atoms with Gasteiger partial charge in [0.1, 0.15) is 0 Å². The lowest BCUT2D eigenvalue weighted by Gasteiger charge is -2.32. The molecule has 96 valence electrons. The minimum absolute atomic E-state index is 0.0225. The molecule has 1 unspecified atom stereocenters. The van der Waals surface area contributed by atoms with Gasteiger partial charge >= 0.3 is 0 Å². The summed E-state index contributed by atoms with van der Waals surface area (Å²) in [6.45, 7) is 15.4. The molecule has 2 nitrogen and oxygen atoms in total. The van der Waals surface area contributed by atoms with E-state index in [1.165, 1.54) is 0 Å². The summed E-state index contributed by atoms with van der Waals surface area (Å²) in [6, 6.07) is 0.429. The average molecular weight is 226 g/mol. The summed E-state index contributed by atoms with van der Waals surface area (Å²) >= 11 is 0. The third-order valence-electron chi connectivity index (χ3n) is 3.26. The predicted molar refractivity (Wildman–Crippen MR) is 73.1 cm³/mol. The van der Waals surface area contributed by atoms with Crippen molar-refractivity contribution in [2.75, 3.05) is 0 Å². The number of hydrogen-bond acceptors (Lipinski definition) is 1. The highest BCUT2D eigenvalue weighted by Crippen LogP contribution is 2.24. The molecule has 0 aliphatic heterocycles. The molecule has 0 fully saturated rings. The highest BCUT2D eigenvalue weighted by molar-refractivity contribution is 5.84. The third kappa shape index (κ3) is 5.53. The van der Waals surface area contributed by atoms with Crippen molar-refractivity contribution in [3.8, 4) is 0 Å². The van der Waals surface area contributed by atoms with Gasteiger partial charge in [0.05, 0.1) is 5.84 Å². The Balaban J connectivity index is 4.39. The summed E-state index contributed by atoms with van der Waals surface area (Å²) in [5.41, 5.74) is 0.301. The van der Waals surface area contributed by atoms with E-state index in [0.29, 0.717) is 17.3 Å². The molecule has 0 aliphatic rings. The fourth-order valence-electron chi connectivity index (χ4n) is 1.61. The van der Waals surface area contributed by atoms with Crippen molar-refractivity contribution in [2.45, 2.75) is 73.8 Å². The quantitative estimate of drug-likeness (QED) is 0.535. The first-order valence-electron chi connectivity index (χ1n) is 6.48. The van der Waals surface area contributed by atoms with Gasteiger partial charge in [-0.3, -0.25) is 5.41 Å². The lowest BCUT2D eigenvalue weighted by atomic mass is 9.85. The highest BCUT2D eigenvalue weighted by atomic mass is 15.0. The van der Waals surface area contributed by atoms with E-state index in [9.17, 15) is 0 Å². The normalized spacial score (nSPS) is 14.7. The van der Waals surface area contributed by atoms with Crippen LogP contribution in [0, 0.1) is 16.2 Å². The molecule has 0 aliphatic carbocycles. The van der Waals surface area contributed by atoms with Gasteiger partial charge < -0.3 is 5.32 Å². The summed E-state index contributed by atoms with van der Waals surface area (Å²) in [7, 11) is 0. The molecule has 1 atom stereocenters. The summed E-state index contributed by atoms with van der Waals surface area (Å²) < 4.78 is 0. The highest BCUT2D eigenvalue weighted by Gasteiger charge is 2.25. The van der Waals surface area contributed by atoms with E-state index in [0.717, 1.165) is 19.3 Å². The van der Waals surface area contributed by atoms with Crippen molar-refractivity contribution in [1.82, 2.24) is 5.32 Å². The van der Waals surface area contributed by atoms with Crippen molar-refractivity contribution in [2.24, 2.45) is 10.8 Å². The van der Waals surface area contributed by atoms with Gasteiger partial charge in [0.25, 0.3) is 0 Å². The molecule has 2 N–H and O–H groups in total. The number of hydrogen-bond donors (Lipinski definition) is 2. The van der Waals surface area contributed by atoms with Gasteiger partial charge in [0.15, 0.2) is 0 Å². The largest absolute Gasteiger partial charge is 0.371 e. The van der Waals surface area contributed by atoms with Crippen molar-refractivity contribution >= 4 is 5.84 Å². The Bertz CT molecular complexity index is 223. The van der Waals surface area contributed by atoms with E-state index in [1.807, 2.05) is 0 Å². The summed E-state index contributed by atoms with van der Waals surface area (Å²) in [5.74, 6) is 0.686. The van der Waals surface area contributed by atoms with Gasteiger partial charge in [-0.05, 0) is 24.7 Å². The van der Waals surface area contributed by atoms with Gasteiger partial charge in [-0.2, -0.15) is 0 Å². The van der Waals surface area contributed by atoms with E-state index in [-0.39, 0.29) is 5.41 Å². The molecule has 0 aromatic heterocycles. The Labute approximate surface area is 102 Å². The Hall–Kier alpha value is -0.530. The first-order valence-corrected chi connectivity index (χ1v) is 6.48. The second-order valence-corrected chi connectivity index (χ2v) is 6.63. The Morgan fingerprint density at radius 1 is 1.12 bits per heavy atom. The zero-order valence-electron chi connectivity index (χ0n) is 12.2. The van der Waals surface area contributed by atoms with Gasteiger partial charge in [-0.1, -0.05) is 48.5 Å². The molecule has 0 saturated carbocycles. The molecule has 0 heterocycles. The van der Waals surface area contributed by atoms with Crippen LogP contribution in [0.15, 0.2) is 0 Å². The van der Waals surface area contributed by atoms with Crippen LogP contribution in [0.25, 0.3) is 0 Å². The molecule has 16 heavy (non-hydrogen) atoms.